The van der Waals surface area contributed by atoms with E-state index in [0.29, 0.717) is 0 Å². The van der Waals surface area contributed by atoms with Crippen LogP contribution in [0.4, 0.5) is 0 Å². The molecule has 0 saturated carbocycles. The Hall–Kier alpha value is -0.320. The van der Waals surface area contributed by atoms with Crippen LogP contribution in [-0.2, 0) is 0 Å². The van der Waals surface area contributed by atoms with Gasteiger partial charge in [0.15, 0.2) is 0 Å². The summed E-state index contributed by atoms with van der Waals surface area (Å²) in [5.41, 5.74) is 22.2. The van der Waals surface area contributed by atoms with Crippen LogP contribution in [0.25, 0.3) is 0 Å². The maximum Gasteiger partial charge on any atom is 0.0544 e. The first-order chi connectivity index (χ1) is 10.3. The smallest absolute Gasteiger partial charge is 0.0544 e. The van der Waals surface area contributed by atoms with E-state index in [0.717, 1.165) is 39.0 Å². The maximum atomic E-state index is 5.65. The van der Waals surface area contributed by atoms with Crippen molar-refractivity contribution in [1.82, 2.24) is 21.3 Å². The lowest BCUT2D eigenvalue weighted by atomic mass is 10.3. The zero-order valence-electron chi connectivity index (χ0n) is 14.9. The molecule has 8 nitrogen and oxygen atoms in total. The predicted octanol–water partition coefficient (Wildman–Crippen LogP) is -1.67. The Labute approximate surface area is 136 Å². The van der Waals surface area contributed by atoms with Crippen molar-refractivity contribution in [2.75, 3.05) is 26.2 Å². The lowest BCUT2D eigenvalue weighted by Crippen LogP contribution is -2.44. The van der Waals surface area contributed by atoms with Crippen LogP contribution in [-0.4, -0.2) is 50.8 Å². The first-order valence-corrected chi connectivity index (χ1v) is 8.29. The van der Waals surface area contributed by atoms with E-state index >= 15 is 0 Å². The fraction of sp³-hybridized carbons (Fsp3) is 1.00. The molecule has 4 atom stereocenters. The van der Waals surface area contributed by atoms with Gasteiger partial charge in [-0.3, -0.25) is 0 Å². The van der Waals surface area contributed by atoms with Gasteiger partial charge in [0.2, 0.25) is 0 Å². The van der Waals surface area contributed by atoms with E-state index in [4.69, 9.17) is 22.9 Å². The molecule has 0 fully saturated rings. The number of hydrogen-bond donors (Lipinski definition) is 8. The van der Waals surface area contributed by atoms with E-state index < -0.39 is 0 Å². The van der Waals surface area contributed by atoms with Gasteiger partial charge in [-0.1, -0.05) is 13.8 Å². The standard InChI is InChI=1S/C8H22N4.C6H18N4/c1-3-7(9)11-5-6-12-8(10)4-2;1-5(7)9-3-4-10-6(2)8/h7-8,11-12H,3-6,9-10H2,1-2H3;5-6,9-10H,3-4,7-8H2,1-2H3. The molecule has 0 spiro atoms. The third-order valence-electron chi connectivity index (χ3n) is 2.88. The van der Waals surface area contributed by atoms with Crippen molar-refractivity contribution in [3.05, 3.63) is 0 Å². The topological polar surface area (TPSA) is 152 Å². The van der Waals surface area contributed by atoms with Gasteiger partial charge in [-0.2, -0.15) is 0 Å². The molecule has 0 bridgehead atoms. The van der Waals surface area contributed by atoms with Crippen LogP contribution in [0.3, 0.4) is 0 Å². The summed E-state index contributed by atoms with van der Waals surface area (Å²) in [6, 6.07) is 0. The zero-order valence-corrected chi connectivity index (χ0v) is 14.9. The summed E-state index contributed by atoms with van der Waals surface area (Å²) in [6.07, 6.45) is 2.28. The van der Waals surface area contributed by atoms with Crippen molar-refractivity contribution in [3.63, 3.8) is 0 Å². The van der Waals surface area contributed by atoms with Crippen LogP contribution in [0.15, 0.2) is 0 Å². The summed E-state index contributed by atoms with van der Waals surface area (Å²) < 4.78 is 0. The minimum Gasteiger partial charge on any atom is -0.316 e. The molecule has 0 saturated heterocycles. The van der Waals surface area contributed by atoms with E-state index in [2.05, 4.69) is 35.1 Å². The molecule has 0 radical (unpaired) electrons. The van der Waals surface area contributed by atoms with Crippen LogP contribution < -0.4 is 44.2 Å². The van der Waals surface area contributed by atoms with Gasteiger partial charge in [-0.05, 0) is 26.7 Å². The van der Waals surface area contributed by atoms with E-state index in [1.807, 2.05) is 13.8 Å². The Balaban J connectivity index is 0. The van der Waals surface area contributed by atoms with Gasteiger partial charge in [0.25, 0.3) is 0 Å². The summed E-state index contributed by atoms with van der Waals surface area (Å²) >= 11 is 0. The lowest BCUT2D eigenvalue weighted by Gasteiger charge is -2.14. The molecule has 22 heavy (non-hydrogen) atoms. The fourth-order valence-electron chi connectivity index (χ4n) is 1.40. The Morgan fingerprint density at radius 2 is 0.864 bits per heavy atom. The Bertz CT molecular complexity index is 191. The quantitative estimate of drug-likeness (QED) is 0.157. The highest BCUT2D eigenvalue weighted by atomic mass is 15.1. The highest BCUT2D eigenvalue weighted by Crippen LogP contribution is 1.80. The van der Waals surface area contributed by atoms with Gasteiger partial charge in [0.1, 0.15) is 0 Å². The Morgan fingerprint density at radius 3 is 1.09 bits per heavy atom. The third-order valence-corrected chi connectivity index (χ3v) is 2.88. The van der Waals surface area contributed by atoms with Crippen molar-refractivity contribution < 1.29 is 0 Å². The largest absolute Gasteiger partial charge is 0.316 e. The minimum absolute atomic E-state index is 0.0647. The minimum atomic E-state index is 0.0647. The van der Waals surface area contributed by atoms with Crippen molar-refractivity contribution >= 4 is 0 Å². The molecule has 0 aromatic carbocycles. The summed E-state index contributed by atoms with van der Waals surface area (Å²) in [5.74, 6) is 0. The third kappa shape index (κ3) is 22.0. The normalized spacial score (nSPS) is 16.4. The SMILES string of the molecule is CC(N)NCCNC(C)N.CCC(N)NCCNC(N)CC. The van der Waals surface area contributed by atoms with Crippen molar-refractivity contribution in [3.8, 4) is 0 Å². The lowest BCUT2D eigenvalue weighted by molar-refractivity contribution is 0.463. The van der Waals surface area contributed by atoms with Gasteiger partial charge < -0.3 is 44.2 Å². The first-order valence-electron chi connectivity index (χ1n) is 8.29. The maximum absolute atomic E-state index is 5.65. The molecule has 0 rings (SSSR count). The van der Waals surface area contributed by atoms with Crippen molar-refractivity contribution in [2.24, 2.45) is 22.9 Å². The van der Waals surface area contributed by atoms with Gasteiger partial charge in [0.05, 0.1) is 24.7 Å². The molecular formula is C14H40N8. The van der Waals surface area contributed by atoms with E-state index in [9.17, 15) is 0 Å². The average Bonchev–Trinajstić information content (AvgIpc) is 2.47. The Morgan fingerprint density at radius 1 is 0.591 bits per heavy atom. The molecule has 0 aliphatic carbocycles. The second kappa shape index (κ2) is 17.0. The fourth-order valence-corrected chi connectivity index (χ4v) is 1.40. The molecule has 12 N–H and O–H groups in total. The van der Waals surface area contributed by atoms with E-state index in [-0.39, 0.29) is 24.7 Å². The molecular weight excluding hydrogens is 280 g/mol. The van der Waals surface area contributed by atoms with Gasteiger partial charge in [-0.15, -0.1) is 0 Å². The molecule has 0 aromatic rings. The van der Waals surface area contributed by atoms with Crippen LogP contribution >= 0.6 is 0 Å². The van der Waals surface area contributed by atoms with Crippen molar-refractivity contribution in [2.45, 2.75) is 65.2 Å². The van der Waals surface area contributed by atoms with Gasteiger partial charge in [-0.25, -0.2) is 0 Å². The first kappa shape index (κ1) is 23.9. The molecule has 136 valence electrons. The molecule has 0 aliphatic heterocycles. The Kier molecular flexibility index (Phi) is 18.5. The average molecular weight is 321 g/mol. The van der Waals surface area contributed by atoms with E-state index in [1.54, 1.807) is 0 Å². The zero-order chi connectivity index (χ0) is 17.4. The van der Waals surface area contributed by atoms with E-state index in [1.165, 1.54) is 0 Å². The monoisotopic (exact) mass is 320 g/mol. The van der Waals surface area contributed by atoms with Gasteiger partial charge in [0, 0.05) is 26.2 Å². The molecule has 4 unspecified atom stereocenters. The summed E-state index contributed by atoms with van der Waals surface area (Å²) in [5, 5.41) is 12.5. The molecule has 0 heterocycles. The second-order valence-electron chi connectivity index (χ2n) is 5.42. The van der Waals surface area contributed by atoms with Gasteiger partial charge >= 0.3 is 0 Å². The summed E-state index contributed by atoms with van der Waals surface area (Å²) in [6.45, 7) is 11.4. The summed E-state index contributed by atoms with van der Waals surface area (Å²) in [4.78, 5) is 0. The summed E-state index contributed by atoms with van der Waals surface area (Å²) in [7, 11) is 0. The number of nitrogens with one attached hydrogen (secondary N) is 4. The number of nitrogens with two attached hydrogens (primary N) is 4. The number of rotatable bonds is 12. The number of hydrogen-bond acceptors (Lipinski definition) is 8. The molecule has 0 aliphatic rings. The predicted molar refractivity (Wildman–Crippen MR) is 95.8 cm³/mol. The van der Waals surface area contributed by atoms with Crippen molar-refractivity contribution in [1.29, 1.82) is 0 Å². The second-order valence-corrected chi connectivity index (χ2v) is 5.42. The molecule has 0 aromatic heterocycles. The highest BCUT2D eigenvalue weighted by molar-refractivity contribution is 4.60. The van der Waals surface area contributed by atoms with Crippen LogP contribution in [0.2, 0.25) is 0 Å². The van der Waals surface area contributed by atoms with Crippen LogP contribution in [0, 0.1) is 0 Å². The van der Waals surface area contributed by atoms with Crippen LogP contribution in [0.5, 0.6) is 0 Å². The highest BCUT2D eigenvalue weighted by Gasteiger charge is 1.98. The molecule has 0 amide bonds. The van der Waals surface area contributed by atoms with Crippen LogP contribution in [0.1, 0.15) is 40.5 Å². The molecule has 8 heteroatoms.